The number of benzene rings is 3. The van der Waals surface area contributed by atoms with Gasteiger partial charge in [0.15, 0.2) is 19.8 Å². The Labute approximate surface area is 528 Å². The number of nitrogens with two attached hydrogens (primary N) is 1. The van der Waals surface area contributed by atoms with Gasteiger partial charge in [-0.15, -0.1) is 24.0 Å². The van der Waals surface area contributed by atoms with Gasteiger partial charge >= 0.3 is 11.9 Å². The van der Waals surface area contributed by atoms with Crippen molar-refractivity contribution in [3.63, 3.8) is 0 Å². The fourth-order valence-electron chi connectivity index (χ4n) is 10.5. The van der Waals surface area contributed by atoms with Crippen LogP contribution in [0.4, 0.5) is 0 Å². The number of alkyl halides is 1. The molecule has 3 aromatic carbocycles. The second-order valence-electron chi connectivity index (χ2n) is 23.4. The van der Waals surface area contributed by atoms with Crippen molar-refractivity contribution in [3.05, 3.63) is 87.9 Å². The van der Waals surface area contributed by atoms with Crippen LogP contribution in [0.3, 0.4) is 0 Å². The molecule has 10 N–H and O–H groups in total. The number of carbonyl (C=O) groups excluding carboxylic acids is 5. The van der Waals surface area contributed by atoms with Crippen molar-refractivity contribution in [3.8, 4) is 17.2 Å². The maximum Gasteiger partial charge on any atom is 0.329 e. The molecule has 5 amide bonds. The van der Waals surface area contributed by atoms with E-state index in [0.29, 0.717) is 32.3 Å². The zero-order valence-electron chi connectivity index (χ0n) is 49.7. The van der Waals surface area contributed by atoms with Crippen LogP contribution < -0.4 is 46.5 Å². The molecule has 3 aromatic rings. The summed E-state index contributed by atoms with van der Waals surface area (Å²) in [5, 5.41) is 40.6. The number of amides is 5. The maximum atomic E-state index is 12.1. The number of aliphatic hydroxyl groups is 1. The van der Waals surface area contributed by atoms with Crippen LogP contribution in [0.25, 0.3) is 0 Å². The average Bonchev–Trinajstić information content (AvgIpc) is 0.710. The number of aliphatic carboxylic acids is 2. The number of hydrogen-bond acceptors (Lipinski definition) is 15. The van der Waals surface area contributed by atoms with Gasteiger partial charge in [-0.25, -0.2) is 4.79 Å². The summed E-state index contributed by atoms with van der Waals surface area (Å²) >= 11 is 22.1. The summed E-state index contributed by atoms with van der Waals surface area (Å²) in [5.74, 6) is -0.953. The van der Waals surface area contributed by atoms with Gasteiger partial charge in [-0.3, -0.25) is 28.8 Å². The SMILES string of the molecule is CC(C)O.CC(C)OCC(=O)NC12CC(NC(=O)COc3ccc(Cl)cc3)(C1)C2.CC(C)OCC(=O)NC12CC(NC(=O)COc3ccc(Cl)cc3)(C1)C2.CC(C)OCC(=O)O.Cl.NC12CC(NC(=O)COc3ccc(Cl)cc3)(C1)C2.O=C(O)CCl. The zero-order valence-corrected chi connectivity index (χ0v) is 53.5. The lowest BCUT2D eigenvalue weighted by atomic mass is 9.44. The second-order valence-corrected chi connectivity index (χ2v) is 25.0. The Kier molecular flexibility index (Phi) is 29.4. The molecular formula is C59H83Cl5N6O16. The van der Waals surface area contributed by atoms with Gasteiger partial charge in [0.25, 0.3) is 17.7 Å². The topological polar surface area (TPSA) is 322 Å². The third kappa shape index (κ3) is 25.7. The van der Waals surface area contributed by atoms with Gasteiger partial charge in [-0.1, -0.05) is 34.8 Å². The Balaban J connectivity index is 0.000000298. The lowest BCUT2D eigenvalue weighted by Crippen LogP contribution is -2.84. The molecule has 0 spiro atoms. The number of nitrogens with one attached hydrogen (secondary N) is 5. The number of halogens is 5. The summed E-state index contributed by atoms with van der Waals surface area (Å²) in [6.07, 6.45) is 7.17. The van der Waals surface area contributed by atoms with Crippen molar-refractivity contribution in [2.24, 2.45) is 5.73 Å². The predicted molar refractivity (Wildman–Crippen MR) is 328 cm³/mol. The number of hydrogen-bond donors (Lipinski definition) is 9. The minimum absolute atomic E-state index is 0. The highest BCUT2D eigenvalue weighted by Crippen LogP contribution is 2.61. The highest BCUT2D eigenvalue weighted by atomic mass is 35.5. The van der Waals surface area contributed by atoms with E-state index < -0.39 is 11.9 Å². The van der Waals surface area contributed by atoms with E-state index in [1.54, 1.807) is 100 Å². The van der Waals surface area contributed by atoms with E-state index in [1.807, 2.05) is 27.7 Å². The standard InChI is InChI=1S/2C18H23ClN2O4.C13H15ClN2O2.C5H10O3.C3H8O.C2H3ClO2.ClH/c2*1-12(2)24-7-15(22)20-17-9-18(10-17,11-17)21-16(23)8-25-14-5-3-13(19)4-6-14;14-9-1-3-10(4-2-9)18-5-11(17)16-13-6-12(15,7-13)8-13;1-4(2)8-3-5(6)7;1-3(2)4;3-1-2(4)5;/h2*3-6,12H,7-11H2,1-2H3,(H,20,22)(H,21,23);1-4H,5-8,15H2,(H,16,17);4H,3H2,1-2H3,(H,6,7);3-4H,1-2H3;1H2,(H,4,5);1H. The molecule has 0 atom stereocenters. The lowest BCUT2D eigenvalue weighted by molar-refractivity contribution is -0.154. The molecule has 0 unspecified atom stereocenters. The van der Waals surface area contributed by atoms with Crippen molar-refractivity contribution in [1.29, 1.82) is 0 Å². The summed E-state index contributed by atoms with van der Waals surface area (Å²) < 4.78 is 31.6. The predicted octanol–water partition coefficient (Wildman–Crippen LogP) is 7.19. The van der Waals surface area contributed by atoms with E-state index in [4.69, 9.17) is 95.9 Å². The van der Waals surface area contributed by atoms with Gasteiger partial charge < -0.3 is 76.1 Å². The quantitative estimate of drug-likeness (QED) is 0.0401. The third-order valence-corrected chi connectivity index (χ3v) is 14.4. The van der Waals surface area contributed by atoms with Crippen LogP contribution in [0.2, 0.25) is 15.1 Å². The van der Waals surface area contributed by atoms with Crippen LogP contribution in [-0.2, 0) is 47.8 Å². The van der Waals surface area contributed by atoms with Crippen LogP contribution in [0.15, 0.2) is 72.8 Å². The zero-order chi connectivity index (χ0) is 63.4. The Hall–Kier alpha value is -5.40. The number of carboxylic acid groups (broad SMARTS) is 2. The van der Waals surface area contributed by atoms with E-state index in [1.165, 1.54) is 0 Å². The molecule has 0 radical (unpaired) electrons. The first-order valence-electron chi connectivity index (χ1n) is 27.7. The molecule has 9 fully saturated rings. The molecule has 12 rings (SSSR count). The number of rotatable bonds is 24. The van der Waals surface area contributed by atoms with Crippen molar-refractivity contribution >= 4 is 100 Å². The molecule has 6 bridgehead atoms. The minimum atomic E-state index is -0.980. The van der Waals surface area contributed by atoms with Crippen LogP contribution in [0.5, 0.6) is 17.2 Å². The first-order chi connectivity index (χ1) is 39.7. The van der Waals surface area contributed by atoms with E-state index >= 15 is 0 Å². The van der Waals surface area contributed by atoms with Crippen LogP contribution in [-0.4, -0.2) is 160 Å². The summed E-state index contributed by atoms with van der Waals surface area (Å²) in [6.45, 7) is 14.5. The number of ether oxygens (including phenoxy) is 6. The molecule has 86 heavy (non-hydrogen) atoms. The largest absolute Gasteiger partial charge is 0.484 e. The first-order valence-corrected chi connectivity index (χ1v) is 29.4. The van der Waals surface area contributed by atoms with Gasteiger partial charge in [0.1, 0.15) is 42.9 Å². The third-order valence-electron chi connectivity index (χ3n) is 13.5. The van der Waals surface area contributed by atoms with Gasteiger partial charge in [0.2, 0.25) is 11.8 Å². The highest BCUT2D eigenvalue weighted by Gasteiger charge is 2.70. The van der Waals surface area contributed by atoms with Crippen molar-refractivity contribution in [2.75, 3.05) is 45.5 Å². The van der Waals surface area contributed by atoms with Crippen LogP contribution in [0, 0.1) is 0 Å². The van der Waals surface area contributed by atoms with Crippen molar-refractivity contribution < 1.29 is 77.3 Å². The Morgan fingerprint density at radius 1 is 0.430 bits per heavy atom. The molecule has 480 valence electrons. The Bertz CT molecular complexity index is 2530. The minimum Gasteiger partial charge on any atom is -0.484 e. The van der Waals surface area contributed by atoms with Crippen LogP contribution >= 0.6 is 58.8 Å². The number of carbonyl (C=O) groups is 7. The van der Waals surface area contributed by atoms with Gasteiger partial charge in [0, 0.05) is 54.4 Å². The van der Waals surface area contributed by atoms with Crippen molar-refractivity contribution in [1.82, 2.24) is 26.6 Å². The molecule has 9 aliphatic carbocycles. The molecule has 9 aliphatic rings. The van der Waals surface area contributed by atoms with E-state index in [2.05, 4.69) is 26.6 Å². The smallest absolute Gasteiger partial charge is 0.329 e. The second kappa shape index (κ2) is 33.8. The Morgan fingerprint density at radius 3 is 0.826 bits per heavy atom. The summed E-state index contributed by atoms with van der Waals surface area (Å²) in [7, 11) is 0. The first kappa shape index (κ1) is 74.9. The molecule has 22 nitrogen and oxygen atoms in total. The summed E-state index contributed by atoms with van der Waals surface area (Å²) in [6, 6.07) is 20.7. The van der Waals surface area contributed by atoms with E-state index in [0.717, 1.165) is 57.8 Å². The van der Waals surface area contributed by atoms with Crippen LogP contribution in [0.1, 0.15) is 113 Å². The van der Waals surface area contributed by atoms with Gasteiger partial charge in [0.05, 0.1) is 18.3 Å². The maximum absolute atomic E-state index is 12.1. The van der Waals surface area contributed by atoms with Crippen molar-refractivity contribution in [2.45, 2.75) is 171 Å². The average molecular weight is 1310 g/mol. The summed E-state index contributed by atoms with van der Waals surface area (Å²) in [4.78, 5) is 78.5. The Morgan fingerprint density at radius 2 is 0.640 bits per heavy atom. The molecule has 0 aromatic heterocycles. The monoisotopic (exact) mass is 1310 g/mol. The molecule has 9 saturated carbocycles. The lowest BCUT2D eigenvalue weighted by Gasteiger charge is -2.70. The molecule has 0 heterocycles. The van der Waals surface area contributed by atoms with Gasteiger partial charge in [-0.05, 0) is 186 Å². The van der Waals surface area contributed by atoms with E-state index in [-0.39, 0.29) is 145 Å². The molecule has 27 heteroatoms. The normalized spacial score (nSPS) is 23.8. The fourth-order valence-corrected chi connectivity index (χ4v) is 10.9. The van der Waals surface area contributed by atoms with E-state index in [9.17, 15) is 33.6 Å². The molecule has 0 aliphatic heterocycles. The number of carboxylic acids is 2. The van der Waals surface area contributed by atoms with Gasteiger partial charge in [-0.2, -0.15) is 0 Å². The number of aliphatic hydroxyl groups excluding tert-OH is 1. The molecular weight excluding hydrogens is 1230 g/mol. The molecule has 0 saturated heterocycles. The fraction of sp³-hybridized carbons (Fsp3) is 0.576. The highest BCUT2D eigenvalue weighted by molar-refractivity contribution is 6.31. The summed E-state index contributed by atoms with van der Waals surface area (Å²) in [5.41, 5.74) is 5.20.